The number of halogens is 2. The Labute approximate surface area is 147 Å². The van der Waals surface area contributed by atoms with Crippen LogP contribution >= 0.6 is 23.2 Å². The van der Waals surface area contributed by atoms with Gasteiger partial charge in [0.1, 0.15) is 0 Å². The van der Waals surface area contributed by atoms with Crippen LogP contribution in [0.1, 0.15) is 18.1 Å². The maximum Gasteiger partial charge on any atom is 0.0909 e. The number of benzene rings is 2. The van der Waals surface area contributed by atoms with E-state index in [1.54, 1.807) is 0 Å². The van der Waals surface area contributed by atoms with Gasteiger partial charge in [-0.25, -0.2) is 4.99 Å². The maximum absolute atomic E-state index is 6.23. The molecule has 0 aliphatic heterocycles. The van der Waals surface area contributed by atoms with Crippen molar-refractivity contribution in [1.29, 1.82) is 0 Å². The lowest BCUT2D eigenvalue weighted by Crippen LogP contribution is -2.14. The summed E-state index contributed by atoms with van der Waals surface area (Å²) in [5, 5.41) is 4.81. The lowest BCUT2D eigenvalue weighted by Gasteiger charge is -2.14. The second-order valence-corrected chi connectivity index (χ2v) is 6.27. The van der Waals surface area contributed by atoms with E-state index in [0.29, 0.717) is 11.6 Å². The largest absolute Gasteiger partial charge is 0.381 e. The Balaban J connectivity index is 2.18. The van der Waals surface area contributed by atoms with E-state index in [1.165, 1.54) is 0 Å². The molecule has 2 aromatic rings. The molecular formula is C18H21Cl2N3. The van der Waals surface area contributed by atoms with Crippen molar-refractivity contribution in [1.82, 2.24) is 4.90 Å². The van der Waals surface area contributed by atoms with E-state index in [-0.39, 0.29) is 0 Å². The molecule has 0 radical (unpaired) electrons. The van der Waals surface area contributed by atoms with Gasteiger partial charge < -0.3 is 10.2 Å². The highest BCUT2D eigenvalue weighted by molar-refractivity contribution is 6.31. The molecule has 0 aliphatic rings. The zero-order valence-corrected chi connectivity index (χ0v) is 15.1. The summed E-state index contributed by atoms with van der Waals surface area (Å²) in [5.74, 6) is 0. The highest BCUT2D eigenvalue weighted by Gasteiger charge is 2.06. The van der Waals surface area contributed by atoms with Crippen LogP contribution < -0.4 is 5.32 Å². The number of anilines is 1. The van der Waals surface area contributed by atoms with Crippen molar-refractivity contribution >= 4 is 40.9 Å². The molecule has 0 saturated carbocycles. The quantitative estimate of drug-likeness (QED) is 0.548. The smallest absolute Gasteiger partial charge is 0.0909 e. The molecule has 0 spiro atoms. The van der Waals surface area contributed by atoms with Crippen LogP contribution in [0.2, 0.25) is 10.0 Å². The monoisotopic (exact) mass is 349 g/mol. The van der Waals surface area contributed by atoms with Gasteiger partial charge in [0.25, 0.3) is 0 Å². The highest BCUT2D eigenvalue weighted by Crippen LogP contribution is 2.31. The molecule has 0 saturated heterocycles. The minimum Gasteiger partial charge on any atom is -0.381 e. The van der Waals surface area contributed by atoms with Crippen LogP contribution in [0, 0.1) is 6.92 Å². The molecule has 2 rings (SSSR count). The predicted molar refractivity (Wildman–Crippen MR) is 101 cm³/mol. The molecule has 3 nitrogen and oxygen atoms in total. The number of nitrogens with zero attached hydrogens (tertiary/aromatic N) is 2. The third-order valence-corrected chi connectivity index (χ3v) is 4.06. The fourth-order valence-corrected chi connectivity index (χ4v) is 2.49. The molecule has 0 atom stereocenters. The predicted octanol–water partition coefficient (Wildman–Crippen LogP) is 5.53. The minimum absolute atomic E-state index is 0.662. The zero-order chi connectivity index (χ0) is 16.8. The van der Waals surface area contributed by atoms with E-state index in [1.807, 2.05) is 61.6 Å². The first-order valence-electron chi connectivity index (χ1n) is 7.52. The Bertz CT molecular complexity index is 699. The molecule has 0 aliphatic carbocycles. The van der Waals surface area contributed by atoms with Gasteiger partial charge in [-0.1, -0.05) is 35.3 Å². The fraction of sp³-hybridized carbons (Fsp3) is 0.278. The summed E-state index contributed by atoms with van der Waals surface area (Å²) in [6.07, 6.45) is 1.82. The molecular weight excluding hydrogens is 329 g/mol. The Morgan fingerprint density at radius 3 is 2.65 bits per heavy atom. The summed E-state index contributed by atoms with van der Waals surface area (Å²) >= 11 is 12.2. The van der Waals surface area contributed by atoms with Crippen LogP contribution in [0.4, 0.5) is 11.4 Å². The summed E-state index contributed by atoms with van der Waals surface area (Å²) in [6, 6.07) is 11.6. The van der Waals surface area contributed by atoms with E-state index in [9.17, 15) is 0 Å². The average molecular weight is 350 g/mol. The lowest BCUT2D eigenvalue weighted by molar-refractivity contribution is 0.552. The van der Waals surface area contributed by atoms with Crippen LogP contribution in [-0.2, 0) is 6.54 Å². The summed E-state index contributed by atoms with van der Waals surface area (Å²) in [5.41, 5.74) is 4.03. The summed E-state index contributed by atoms with van der Waals surface area (Å²) in [7, 11) is 1.99. The van der Waals surface area contributed by atoms with Gasteiger partial charge in [0.2, 0.25) is 0 Å². The molecule has 0 fully saturated rings. The molecule has 23 heavy (non-hydrogen) atoms. The molecule has 0 heterocycles. The first-order valence-corrected chi connectivity index (χ1v) is 8.28. The fourth-order valence-electron chi connectivity index (χ4n) is 2.07. The van der Waals surface area contributed by atoms with Crippen LogP contribution in [0.3, 0.4) is 0 Å². The van der Waals surface area contributed by atoms with Gasteiger partial charge in [0.15, 0.2) is 0 Å². The van der Waals surface area contributed by atoms with Gasteiger partial charge in [-0.2, -0.15) is 0 Å². The summed E-state index contributed by atoms with van der Waals surface area (Å²) in [4.78, 5) is 6.54. The number of rotatable bonds is 6. The first kappa shape index (κ1) is 17.6. The minimum atomic E-state index is 0.662. The van der Waals surface area contributed by atoms with Gasteiger partial charge in [0.05, 0.1) is 12.0 Å². The van der Waals surface area contributed by atoms with Crippen molar-refractivity contribution in [2.45, 2.75) is 20.4 Å². The molecule has 0 bridgehead atoms. The maximum atomic E-state index is 6.23. The van der Waals surface area contributed by atoms with Gasteiger partial charge in [0, 0.05) is 35.9 Å². The SMILES string of the molecule is CCN(C)C=Nc1cc(Cl)cc(NCc2cccc(Cl)c2)c1C. The topological polar surface area (TPSA) is 27.6 Å². The van der Waals surface area contributed by atoms with E-state index in [0.717, 1.165) is 34.1 Å². The Morgan fingerprint density at radius 1 is 1.17 bits per heavy atom. The van der Waals surface area contributed by atoms with Crippen LogP contribution in [0.5, 0.6) is 0 Å². The molecule has 0 aromatic heterocycles. The van der Waals surface area contributed by atoms with Crippen molar-refractivity contribution in [2.75, 3.05) is 18.9 Å². The van der Waals surface area contributed by atoms with Crippen molar-refractivity contribution in [2.24, 2.45) is 4.99 Å². The van der Waals surface area contributed by atoms with Crippen molar-refractivity contribution in [3.63, 3.8) is 0 Å². The average Bonchev–Trinajstić information content (AvgIpc) is 2.53. The van der Waals surface area contributed by atoms with Crippen LogP contribution in [0.25, 0.3) is 0 Å². The molecule has 122 valence electrons. The Kier molecular flexibility index (Phi) is 6.31. The van der Waals surface area contributed by atoms with Crippen molar-refractivity contribution in [3.05, 3.63) is 57.6 Å². The Morgan fingerprint density at radius 2 is 1.96 bits per heavy atom. The van der Waals surface area contributed by atoms with Gasteiger partial charge in [-0.3, -0.25) is 0 Å². The van der Waals surface area contributed by atoms with Crippen molar-refractivity contribution in [3.8, 4) is 0 Å². The van der Waals surface area contributed by atoms with E-state index in [2.05, 4.69) is 17.2 Å². The normalized spacial score (nSPS) is 11.0. The lowest BCUT2D eigenvalue weighted by atomic mass is 10.1. The standard InChI is InChI=1S/C18H21Cl2N3/c1-4-23(3)12-22-18-10-16(20)9-17(13(18)2)21-11-14-6-5-7-15(19)8-14/h5-10,12,21H,4,11H2,1-3H3. The second-order valence-electron chi connectivity index (χ2n) is 5.40. The van der Waals surface area contributed by atoms with Crippen molar-refractivity contribution < 1.29 is 0 Å². The van der Waals surface area contributed by atoms with E-state index in [4.69, 9.17) is 23.2 Å². The van der Waals surface area contributed by atoms with E-state index >= 15 is 0 Å². The Hall–Kier alpha value is -1.71. The van der Waals surface area contributed by atoms with Crippen LogP contribution in [0.15, 0.2) is 41.4 Å². The zero-order valence-electron chi connectivity index (χ0n) is 13.6. The molecule has 0 unspecified atom stereocenters. The molecule has 1 N–H and O–H groups in total. The number of aliphatic imine (C=N–C) groups is 1. The van der Waals surface area contributed by atoms with Crippen LogP contribution in [-0.4, -0.2) is 24.8 Å². The first-order chi connectivity index (χ1) is 11.0. The summed E-state index contributed by atoms with van der Waals surface area (Å²) in [6.45, 7) is 5.70. The summed E-state index contributed by atoms with van der Waals surface area (Å²) < 4.78 is 0. The highest BCUT2D eigenvalue weighted by atomic mass is 35.5. The molecule has 5 heteroatoms. The molecule has 2 aromatic carbocycles. The molecule has 0 amide bonds. The van der Waals surface area contributed by atoms with E-state index < -0.39 is 0 Å². The second kappa shape index (κ2) is 8.23. The number of nitrogens with one attached hydrogen (secondary N) is 1. The number of hydrogen-bond acceptors (Lipinski definition) is 2. The van der Waals surface area contributed by atoms with Gasteiger partial charge in [-0.05, 0) is 49.2 Å². The third kappa shape index (κ3) is 5.15. The van der Waals surface area contributed by atoms with Gasteiger partial charge >= 0.3 is 0 Å². The third-order valence-electron chi connectivity index (χ3n) is 3.61. The number of hydrogen-bond donors (Lipinski definition) is 1. The van der Waals surface area contributed by atoms with Gasteiger partial charge in [-0.15, -0.1) is 0 Å².